The van der Waals surface area contributed by atoms with E-state index in [1.54, 1.807) is 0 Å². The van der Waals surface area contributed by atoms with Crippen LogP contribution in [-0.4, -0.2) is 32.4 Å². The number of nitrogens with zero attached hydrogens (tertiary/aromatic N) is 4. The van der Waals surface area contributed by atoms with Gasteiger partial charge in [-0.25, -0.2) is 0 Å². The van der Waals surface area contributed by atoms with Gasteiger partial charge in [0.2, 0.25) is 5.91 Å². The first-order valence-electron chi connectivity index (χ1n) is 3.13. The topological polar surface area (TPSA) is 104 Å². The summed E-state index contributed by atoms with van der Waals surface area (Å²) in [4.78, 5) is 21.7. The molecule has 1 aromatic rings. The molecule has 0 bridgehead atoms. The van der Waals surface area contributed by atoms with Crippen LogP contribution in [0, 0.1) is 0 Å². The summed E-state index contributed by atoms with van der Waals surface area (Å²) in [5, 5.41) is 13.4. The number of H-pyrrole nitrogens is 1. The van der Waals surface area contributed by atoms with Crippen molar-refractivity contribution in [3.63, 3.8) is 0 Å². The number of tetrazole rings is 1. The number of anilines is 1. The van der Waals surface area contributed by atoms with Crippen molar-refractivity contribution >= 4 is 17.8 Å². The standard InChI is InChI=1S/C4H4N6O2/c11-2-1-3(12)10(7-2)4-5-8-9-6-4/h1H2,(H,7,11)(H,5,6,8,9). The number of aromatic amines is 1. The number of hydrazine groups is 1. The van der Waals surface area contributed by atoms with Crippen LogP contribution in [0.25, 0.3) is 0 Å². The summed E-state index contributed by atoms with van der Waals surface area (Å²) in [6, 6.07) is 0. The minimum Gasteiger partial charge on any atom is -0.273 e. The largest absolute Gasteiger partial charge is 0.291 e. The fourth-order valence-electron chi connectivity index (χ4n) is 0.856. The summed E-state index contributed by atoms with van der Waals surface area (Å²) in [5.74, 6) is -0.711. The van der Waals surface area contributed by atoms with Crippen molar-refractivity contribution in [2.45, 2.75) is 6.42 Å². The zero-order valence-electron chi connectivity index (χ0n) is 5.81. The molecule has 0 saturated carbocycles. The summed E-state index contributed by atoms with van der Waals surface area (Å²) in [7, 11) is 0. The average molecular weight is 168 g/mol. The van der Waals surface area contributed by atoms with Gasteiger partial charge in [0.15, 0.2) is 0 Å². The number of amides is 2. The fraction of sp³-hybridized carbons (Fsp3) is 0.250. The lowest BCUT2D eigenvalue weighted by molar-refractivity contribution is -0.122. The van der Waals surface area contributed by atoms with Crippen LogP contribution in [0.4, 0.5) is 5.95 Å². The van der Waals surface area contributed by atoms with Gasteiger partial charge in [-0.2, -0.15) is 10.2 Å². The Morgan fingerprint density at radius 2 is 2.25 bits per heavy atom. The third-order valence-corrected chi connectivity index (χ3v) is 1.33. The van der Waals surface area contributed by atoms with Crippen molar-refractivity contribution in [2.75, 3.05) is 5.01 Å². The van der Waals surface area contributed by atoms with Gasteiger partial charge in [-0.1, -0.05) is 5.10 Å². The molecule has 0 aliphatic carbocycles. The predicted molar refractivity (Wildman–Crippen MR) is 34.4 cm³/mol. The van der Waals surface area contributed by atoms with Gasteiger partial charge in [0.25, 0.3) is 11.9 Å². The number of nitrogens with one attached hydrogen (secondary N) is 2. The highest BCUT2D eigenvalue weighted by atomic mass is 16.2. The number of hydrogen-bond acceptors (Lipinski definition) is 5. The third-order valence-electron chi connectivity index (χ3n) is 1.33. The highest BCUT2D eigenvalue weighted by Gasteiger charge is 2.30. The monoisotopic (exact) mass is 168 g/mol. The van der Waals surface area contributed by atoms with E-state index in [1.165, 1.54) is 0 Å². The molecule has 8 heteroatoms. The summed E-state index contributed by atoms with van der Waals surface area (Å²) < 4.78 is 0. The van der Waals surface area contributed by atoms with E-state index in [4.69, 9.17) is 0 Å². The van der Waals surface area contributed by atoms with E-state index in [1.807, 2.05) is 0 Å². The summed E-state index contributed by atoms with van der Waals surface area (Å²) in [6.45, 7) is 0. The fourth-order valence-corrected chi connectivity index (χ4v) is 0.856. The molecule has 62 valence electrons. The van der Waals surface area contributed by atoms with Gasteiger partial charge >= 0.3 is 0 Å². The van der Waals surface area contributed by atoms with Crippen LogP contribution in [0.1, 0.15) is 6.42 Å². The molecule has 2 rings (SSSR count). The van der Waals surface area contributed by atoms with Crippen LogP contribution in [-0.2, 0) is 9.59 Å². The van der Waals surface area contributed by atoms with Crippen molar-refractivity contribution in [1.82, 2.24) is 26.0 Å². The van der Waals surface area contributed by atoms with Crippen molar-refractivity contribution in [2.24, 2.45) is 0 Å². The molecular formula is C4H4N6O2. The Kier molecular flexibility index (Phi) is 1.26. The number of aromatic nitrogens is 4. The van der Waals surface area contributed by atoms with Crippen molar-refractivity contribution in [1.29, 1.82) is 0 Å². The van der Waals surface area contributed by atoms with Gasteiger partial charge in [-0.15, -0.1) is 5.10 Å². The van der Waals surface area contributed by atoms with Gasteiger partial charge in [0.1, 0.15) is 6.42 Å². The maximum atomic E-state index is 11.0. The van der Waals surface area contributed by atoms with E-state index in [9.17, 15) is 9.59 Å². The molecule has 1 aliphatic heterocycles. The van der Waals surface area contributed by atoms with Crippen LogP contribution in [0.15, 0.2) is 0 Å². The molecule has 0 radical (unpaired) electrons. The first kappa shape index (κ1) is 6.70. The average Bonchev–Trinajstić information content (AvgIpc) is 2.58. The molecule has 8 nitrogen and oxygen atoms in total. The second kappa shape index (κ2) is 2.26. The predicted octanol–water partition coefficient (Wildman–Crippen LogP) is -2.03. The van der Waals surface area contributed by atoms with E-state index in [-0.39, 0.29) is 24.2 Å². The zero-order valence-corrected chi connectivity index (χ0v) is 5.81. The lowest BCUT2D eigenvalue weighted by atomic mass is 10.4. The number of carbonyl (C=O) groups is 2. The lowest BCUT2D eigenvalue weighted by Gasteiger charge is -2.07. The molecule has 1 fully saturated rings. The molecule has 0 atom stereocenters. The summed E-state index contributed by atoms with van der Waals surface area (Å²) in [5.41, 5.74) is 2.27. The van der Waals surface area contributed by atoms with Crippen LogP contribution in [0.2, 0.25) is 0 Å². The van der Waals surface area contributed by atoms with Gasteiger partial charge in [-0.05, 0) is 5.21 Å². The van der Waals surface area contributed by atoms with Crippen molar-refractivity contribution in [3.05, 3.63) is 0 Å². The zero-order chi connectivity index (χ0) is 8.55. The number of rotatable bonds is 1. The second-order valence-corrected chi connectivity index (χ2v) is 2.15. The Morgan fingerprint density at radius 3 is 2.75 bits per heavy atom. The molecule has 0 unspecified atom stereocenters. The Labute approximate surface area is 65.9 Å². The van der Waals surface area contributed by atoms with E-state index >= 15 is 0 Å². The molecule has 1 saturated heterocycles. The highest BCUT2D eigenvalue weighted by Crippen LogP contribution is 2.07. The molecule has 1 aliphatic rings. The van der Waals surface area contributed by atoms with Gasteiger partial charge in [-0.3, -0.25) is 15.0 Å². The summed E-state index contributed by atoms with van der Waals surface area (Å²) in [6.07, 6.45) is -0.172. The Hall–Kier alpha value is -1.99. The van der Waals surface area contributed by atoms with E-state index in [0.29, 0.717) is 0 Å². The van der Waals surface area contributed by atoms with Gasteiger partial charge < -0.3 is 0 Å². The molecule has 2 heterocycles. The van der Waals surface area contributed by atoms with Crippen LogP contribution >= 0.6 is 0 Å². The van der Waals surface area contributed by atoms with Crippen LogP contribution in [0.3, 0.4) is 0 Å². The minimum atomic E-state index is -0.388. The molecule has 2 amide bonds. The van der Waals surface area contributed by atoms with Crippen molar-refractivity contribution in [3.8, 4) is 0 Å². The first-order valence-corrected chi connectivity index (χ1v) is 3.13. The van der Waals surface area contributed by atoms with Gasteiger partial charge in [0, 0.05) is 0 Å². The quantitative estimate of drug-likeness (QED) is 0.470. The lowest BCUT2D eigenvalue weighted by Crippen LogP contribution is -2.36. The molecule has 2 N–H and O–H groups in total. The Balaban J connectivity index is 2.26. The van der Waals surface area contributed by atoms with E-state index in [0.717, 1.165) is 5.01 Å². The number of hydrogen-bond donors (Lipinski definition) is 2. The van der Waals surface area contributed by atoms with Crippen LogP contribution in [0.5, 0.6) is 0 Å². The molecule has 12 heavy (non-hydrogen) atoms. The minimum absolute atomic E-state index is 0.0471. The normalized spacial score (nSPS) is 16.8. The molecule has 0 spiro atoms. The third kappa shape index (κ3) is 0.892. The van der Waals surface area contributed by atoms with Gasteiger partial charge in [0.05, 0.1) is 0 Å². The molecular weight excluding hydrogens is 164 g/mol. The SMILES string of the molecule is O=C1CC(=O)N(c2nn[nH]n2)N1. The summed E-state index contributed by atoms with van der Waals surface area (Å²) >= 11 is 0. The second-order valence-electron chi connectivity index (χ2n) is 2.15. The Bertz CT molecular complexity index is 318. The molecule has 0 aromatic carbocycles. The van der Waals surface area contributed by atoms with Crippen LogP contribution < -0.4 is 10.4 Å². The van der Waals surface area contributed by atoms with E-state index < -0.39 is 0 Å². The Morgan fingerprint density at radius 1 is 1.42 bits per heavy atom. The smallest absolute Gasteiger partial charge is 0.273 e. The van der Waals surface area contributed by atoms with E-state index in [2.05, 4.69) is 26.0 Å². The maximum absolute atomic E-state index is 11.0. The maximum Gasteiger partial charge on any atom is 0.291 e. The first-order chi connectivity index (χ1) is 5.77. The number of carbonyl (C=O) groups excluding carboxylic acids is 2. The van der Waals surface area contributed by atoms with Crippen molar-refractivity contribution < 1.29 is 9.59 Å². The molecule has 1 aromatic heterocycles. The highest BCUT2D eigenvalue weighted by molar-refractivity contribution is 6.10.